The second-order valence-electron chi connectivity index (χ2n) is 3.67. The standard InChI is InChI=1S/C6H7F3O2S/c7-6(8)3-5(6)1-4(2-5)12(9,10)11/h4H,1-3H2. The maximum atomic E-state index is 12.5. The van der Waals surface area contributed by atoms with Crippen LogP contribution in [0.3, 0.4) is 0 Å². The van der Waals surface area contributed by atoms with Crippen LogP contribution in [0.2, 0.25) is 0 Å². The van der Waals surface area contributed by atoms with Gasteiger partial charge in [0.15, 0.2) is 0 Å². The first-order valence-electron chi connectivity index (χ1n) is 3.58. The number of hydrogen-bond donors (Lipinski definition) is 0. The number of halogens is 3. The average molecular weight is 200 g/mol. The molecule has 0 heterocycles. The van der Waals surface area contributed by atoms with E-state index in [2.05, 4.69) is 0 Å². The molecule has 0 aliphatic heterocycles. The van der Waals surface area contributed by atoms with Gasteiger partial charge < -0.3 is 0 Å². The molecule has 0 aromatic heterocycles. The van der Waals surface area contributed by atoms with Crippen LogP contribution < -0.4 is 0 Å². The van der Waals surface area contributed by atoms with Crippen LogP contribution in [-0.4, -0.2) is 19.6 Å². The van der Waals surface area contributed by atoms with Crippen molar-refractivity contribution in [2.75, 3.05) is 0 Å². The first kappa shape index (κ1) is 8.34. The molecule has 0 aromatic carbocycles. The van der Waals surface area contributed by atoms with Gasteiger partial charge in [0.1, 0.15) is 0 Å². The van der Waals surface area contributed by atoms with E-state index in [0.717, 1.165) is 0 Å². The molecule has 0 atom stereocenters. The molecule has 0 unspecified atom stereocenters. The Labute approximate surface area is 68.0 Å². The van der Waals surface area contributed by atoms with Crippen molar-refractivity contribution < 1.29 is 21.1 Å². The third kappa shape index (κ3) is 0.901. The molecule has 0 N–H and O–H groups in total. The highest BCUT2D eigenvalue weighted by atomic mass is 32.3. The molecule has 0 amide bonds. The van der Waals surface area contributed by atoms with Crippen LogP contribution in [0.25, 0.3) is 0 Å². The van der Waals surface area contributed by atoms with E-state index in [1.165, 1.54) is 0 Å². The minimum Gasteiger partial charge on any atom is -0.206 e. The molecule has 12 heavy (non-hydrogen) atoms. The predicted octanol–water partition coefficient (Wildman–Crippen LogP) is 1.47. The fraction of sp³-hybridized carbons (Fsp3) is 1.00. The largest absolute Gasteiger partial charge is 0.305 e. The van der Waals surface area contributed by atoms with E-state index in [4.69, 9.17) is 0 Å². The Bertz CT molecular complexity index is 316. The topological polar surface area (TPSA) is 34.1 Å². The van der Waals surface area contributed by atoms with Gasteiger partial charge in [0, 0.05) is 11.8 Å². The van der Waals surface area contributed by atoms with E-state index in [0.29, 0.717) is 0 Å². The van der Waals surface area contributed by atoms with Crippen LogP contribution >= 0.6 is 0 Å². The molecule has 0 saturated heterocycles. The molecule has 0 radical (unpaired) electrons. The fourth-order valence-corrected chi connectivity index (χ4v) is 2.87. The molecule has 70 valence electrons. The van der Waals surface area contributed by atoms with Gasteiger partial charge in [-0.25, -0.2) is 8.78 Å². The summed E-state index contributed by atoms with van der Waals surface area (Å²) < 4.78 is 57.6. The fourth-order valence-electron chi connectivity index (χ4n) is 1.83. The Kier molecular flexibility index (Phi) is 1.26. The van der Waals surface area contributed by atoms with Crippen molar-refractivity contribution in [1.82, 2.24) is 0 Å². The maximum Gasteiger partial charge on any atom is 0.305 e. The molecular formula is C6H7F3O2S. The summed E-state index contributed by atoms with van der Waals surface area (Å²) in [6.07, 6.45) is -0.691. The van der Waals surface area contributed by atoms with E-state index in [9.17, 15) is 21.1 Å². The monoisotopic (exact) mass is 200 g/mol. The Hall–Kier alpha value is -0.260. The molecule has 1 spiro atoms. The van der Waals surface area contributed by atoms with Crippen molar-refractivity contribution in [3.05, 3.63) is 0 Å². The highest BCUT2D eigenvalue weighted by Crippen LogP contribution is 2.72. The molecule has 2 fully saturated rings. The van der Waals surface area contributed by atoms with Crippen molar-refractivity contribution in [1.29, 1.82) is 0 Å². The first-order chi connectivity index (χ1) is 5.27. The van der Waals surface area contributed by atoms with Gasteiger partial charge in [-0.3, -0.25) is 0 Å². The molecule has 2 rings (SSSR count). The lowest BCUT2D eigenvalue weighted by Crippen LogP contribution is -2.38. The molecular weight excluding hydrogens is 193 g/mol. The van der Waals surface area contributed by atoms with Crippen LogP contribution in [0, 0.1) is 5.41 Å². The lowest BCUT2D eigenvalue weighted by atomic mass is 9.80. The summed E-state index contributed by atoms with van der Waals surface area (Å²) in [6.45, 7) is 0. The molecule has 2 aliphatic carbocycles. The van der Waals surface area contributed by atoms with Crippen molar-refractivity contribution in [2.24, 2.45) is 5.41 Å². The van der Waals surface area contributed by atoms with E-state index in [-0.39, 0.29) is 19.3 Å². The van der Waals surface area contributed by atoms with Crippen LogP contribution in [0.5, 0.6) is 0 Å². The van der Waals surface area contributed by atoms with Gasteiger partial charge in [0.2, 0.25) is 0 Å². The second kappa shape index (κ2) is 1.81. The lowest BCUT2D eigenvalue weighted by molar-refractivity contribution is 0.0314. The van der Waals surface area contributed by atoms with Gasteiger partial charge in [0.25, 0.3) is 5.92 Å². The summed E-state index contributed by atoms with van der Waals surface area (Å²) in [5.74, 6) is -2.74. The quantitative estimate of drug-likeness (QED) is 0.601. The molecule has 0 bridgehead atoms. The zero-order chi connectivity index (χ0) is 9.20. The van der Waals surface area contributed by atoms with Gasteiger partial charge in [-0.05, 0) is 12.8 Å². The molecule has 0 aromatic rings. The zero-order valence-corrected chi connectivity index (χ0v) is 6.87. The van der Waals surface area contributed by atoms with Crippen molar-refractivity contribution >= 4 is 10.2 Å². The van der Waals surface area contributed by atoms with E-state index < -0.39 is 26.8 Å². The van der Waals surface area contributed by atoms with Crippen molar-refractivity contribution in [2.45, 2.75) is 30.4 Å². The predicted molar refractivity (Wildman–Crippen MR) is 35.0 cm³/mol. The second-order valence-corrected chi connectivity index (χ2v) is 5.29. The maximum absolute atomic E-state index is 12.5. The van der Waals surface area contributed by atoms with Crippen molar-refractivity contribution in [3.63, 3.8) is 0 Å². The zero-order valence-electron chi connectivity index (χ0n) is 6.06. The van der Waals surface area contributed by atoms with E-state index in [1.807, 2.05) is 0 Å². The van der Waals surface area contributed by atoms with Gasteiger partial charge in [-0.15, -0.1) is 3.89 Å². The Morgan fingerprint density at radius 2 is 1.67 bits per heavy atom. The number of rotatable bonds is 1. The minimum absolute atomic E-state index is 0.209. The third-order valence-corrected chi connectivity index (χ3v) is 3.98. The summed E-state index contributed by atoms with van der Waals surface area (Å²) in [7, 11) is -4.58. The summed E-state index contributed by atoms with van der Waals surface area (Å²) in [5, 5.41) is -1.18. The molecule has 2 saturated carbocycles. The summed E-state index contributed by atoms with van der Waals surface area (Å²) in [6, 6.07) is 0. The first-order valence-corrected chi connectivity index (χ1v) is 5.03. The van der Waals surface area contributed by atoms with Gasteiger partial charge in [0.05, 0.1) is 5.25 Å². The van der Waals surface area contributed by atoms with Crippen LogP contribution in [0.4, 0.5) is 12.7 Å². The Morgan fingerprint density at radius 3 is 1.92 bits per heavy atom. The third-order valence-electron chi connectivity index (χ3n) is 2.85. The highest BCUT2D eigenvalue weighted by Gasteiger charge is 2.77. The molecule has 2 aliphatic rings. The van der Waals surface area contributed by atoms with Crippen LogP contribution in [-0.2, 0) is 10.2 Å². The van der Waals surface area contributed by atoms with Gasteiger partial charge in [-0.2, -0.15) is 8.42 Å². The van der Waals surface area contributed by atoms with Crippen molar-refractivity contribution in [3.8, 4) is 0 Å². The summed E-state index contributed by atoms with van der Waals surface area (Å²) in [5.41, 5.74) is -1.16. The average Bonchev–Trinajstić information content (AvgIpc) is 2.27. The highest BCUT2D eigenvalue weighted by molar-refractivity contribution is 7.87. The molecule has 6 heteroatoms. The van der Waals surface area contributed by atoms with Gasteiger partial charge >= 0.3 is 10.2 Å². The van der Waals surface area contributed by atoms with E-state index >= 15 is 0 Å². The van der Waals surface area contributed by atoms with Crippen LogP contribution in [0.15, 0.2) is 0 Å². The minimum atomic E-state index is -4.58. The SMILES string of the molecule is O=S(=O)(F)C1CC2(C1)CC2(F)F. The Morgan fingerprint density at radius 1 is 1.25 bits per heavy atom. The summed E-state index contributed by atoms with van der Waals surface area (Å²) >= 11 is 0. The molecule has 2 nitrogen and oxygen atoms in total. The smallest absolute Gasteiger partial charge is 0.206 e. The van der Waals surface area contributed by atoms with Crippen LogP contribution in [0.1, 0.15) is 19.3 Å². The normalized spacial score (nSPS) is 44.1. The number of hydrogen-bond acceptors (Lipinski definition) is 2. The number of alkyl halides is 2. The lowest BCUT2D eigenvalue weighted by Gasteiger charge is -2.32. The Balaban J connectivity index is 2.03. The van der Waals surface area contributed by atoms with E-state index in [1.54, 1.807) is 0 Å². The summed E-state index contributed by atoms with van der Waals surface area (Å²) in [4.78, 5) is 0. The van der Waals surface area contributed by atoms with Gasteiger partial charge in [-0.1, -0.05) is 0 Å².